The minimum atomic E-state index is -0.360. The standard InChI is InChI=1S/C27H23N9O/c1-17-9-11-36(15-17)26-21-12-22(32-25(21)29-16-30-26)18-5-7-20(8-6-18)31-27(37)33-24-13-23(34-35(24)2)19-4-3-10-28-14-19/h3-16H,1-2H3,(H,29,30,32)(H2,31,33,37). The van der Waals surface area contributed by atoms with Gasteiger partial charge in [-0.2, -0.15) is 5.10 Å². The van der Waals surface area contributed by atoms with Gasteiger partial charge in [0.2, 0.25) is 0 Å². The molecule has 6 aromatic rings. The first-order chi connectivity index (χ1) is 18.0. The minimum Gasteiger partial charge on any atom is -0.339 e. The number of aromatic nitrogens is 7. The summed E-state index contributed by atoms with van der Waals surface area (Å²) in [4.78, 5) is 29.0. The number of carbonyl (C=O) groups excluding carboxylic acids is 1. The third-order valence-electron chi connectivity index (χ3n) is 6.02. The van der Waals surface area contributed by atoms with Crippen LogP contribution in [-0.2, 0) is 7.05 Å². The van der Waals surface area contributed by atoms with Crippen molar-refractivity contribution >= 4 is 28.6 Å². The smallest absolute Gasteiger partial charge is 0.324 e. The highest BCUT2D eigenvalue weighted by Crippen LogP contribution is 2.27. The molecule has 0 unspecified atom stereocenters. The summed E-state index contributed by atoms with van der Waals surface area (Å²) in [5.74, 6) is 1.39. The maximum Gasteiger partial charge on any atom is 0.324 e. The van der Waals surface area contributed by atoms with Gasteiger partial charge in [-0.25, -0.2) is 14.8 Å². The Labute approximate surface area is 212 Å². The van der Waals surface area contributed by atoms with Crippen molar-refractivity contribution < 1.29 is 4.79 Å². The number of fused-ring (bicyclic) bond motifs is 1. The molecule has 0 fully saturated rings. The van der Waals surface area contributed by atoms with Crippen LogP contribution in [0.1, 0.15) is 5.56 Å². The topological polar surface area (TPSA) is 118 Å². The number of hydrogen-bond acceptors (Lipinski definition) is 5. The van der Waals surface area contributed by atoms with Crippen LogP contribution in [0.4, 0.5) is 16.3 Å². The molecule has 0 aliphatic carbocycles. The lowest BCUT2D eigenvalue weighted by Gasteiger charge is -2.08. The van der Waals surface area contributed by atoms with E-state index < -0.39 is 0 Å². The van der Waals surface area contributed by atoms with Gasteiger partial charge in [-0.05, 0) is 54.4 Å². The minimum absolute atomic E-state index is 0.360. The van der Waals surface area contributed by atoms with Crippen LogP contribution in [0.3, 0.4) is 0 Å². The molecular formula is C27H23N9O. The van der Waals surface area contributed by atoms with Gasteiger partial charge in [0.05, 0.1) is 11.1 Å². The van der Waals surface area contributed by atoms with E-state index in [9.17, 15) is 4.79 Å². The summed E-state index contributed by atoms with van der Waals surface area (Å²) in [6, 6.07) is 16.9. The van der Waals surface area contributed by atoms with E-state index in [1.54, 1.807) is 30.5 Å². The lowest BCUT2D eigenvalue weighted by molar-refractivity contribution is 0.262. The van der Waals surface area contributed by atoms with Crippen molar-refractivity contribution in [1.29, 1.82) is 0 Å². The number of nitrogens with zero attached hydrogens (tertiary/aromatic N) is 6. The zero-order valence-corrected chi connectivity index (χ0v) is 20.2. The van der Waals surface area contributed by atoms with Crippen LogP contribution in [-0.4, -0.2) is 40.3 Å². The van der Waals surface area contributed by atoms with Crippen molar-refractivity contribution in [3.8, 4) is 28.3 Å². The fourth-order valence-corrected chi connectivity index (χ4v) is 4.17. The van der Waals surface area contributed by atoms with Gasteiger partial charge >= 0.3 is 6.03 Å². The highest BCUT2D eigenvalue weighted by atomic mass is 16.2. The zero-order valence-electron chi connectivity index (χ0n) is 20.2. The first-order valence-corrected chi connectivity index (χ1v) is 11.6. The summed E-state index contributed by atoms with van der Waals surface area (Å²) >= 11 is 0. The molecule has 2 amide bonds. The highest BCUT2D eigenvalue weighted by molar-refractivity contribution is 5.99. The maximum atomic E-state index is 12.6. The second-order valence-corrected chi connectivity index (χ2v) is 8.68. The van der Waals surface area contributed by atoms with Crippen LogP contribution in [0.15, 0.2) is 85.7 Å². The van der Waals surface area contributed by atoms with Crippen molar-refractivity contribution in [2.24, 2.45) is 7.05 Å². The summed E-state index contributed by atoms with van der Waals surface area (Å²) < 4.78 is 3.61. The van der Waals surface area contributed by atoms with Crippen molar-refractivity contribution in [2.75, 3.05) is 10.6 Å². The van der Waals surface area contributed by atoms with Gasteiger partial charge in [-0.3, -0.25) is 15.0 Å². The molecule has 10 nitrogen and oxygen atoms in total. The van der Waals surface area contributed by atoms with Crippen molar-refractivity contribution in [3.63, 3.8) is 0 Å². The van der Waals surface area contributed by atoms with E-state index in [2.05, 4.69) is 35.7 Å². The number of hydrogen-bond donors (Lipinski definition) is 3. The average molecular weight is 490 g/mol. The lowest BCUT2D eigenvalue weighted by atomic mass is 10.1. The fraction of sp³-hybridized carbons (Fsp3) is 0.0741. The van der Waals surface area contributed by atoms with Crippen LogP contribution in [0.5, 0.6) is 0 Å². The van der Waals surface area contributed by atoms with E-state index >= 15 is 0 Å². The quantitative estimate of drug-likeness (QED) is 0.309. The van der Waals surface area contributed by atoms with Crippen LogP contribution >= 0.6 is 0 Å². The van der Waals surface area contributed by atoms with Gasteiger partial charge in [0.15, 0.2) is 0 Å². The number of carbonyl (C=O) groups is 1. The van der Waals surface area contributed by atoms with Crippen molar-refractivity contribution in [2.45, 2.75) is 6.92 Å². The number of rotatable bonds is 5. The van der Waals surface area contributed by atoms with Gasteiger partial charge in [0, 0.05) is 54.8 Å². The van der Waals surface area contributed by atoms with Gasteiger partial charge in [0.1, 0.15) is 23.6 Å². The number of benzene rings is 1. The number of nitrogens with one attached hydrogen (secondary N) is 3. The zero-order chi connectivity index (χ0) is 25.4. The Morgan fingerprint density at radius 1 is 1.00 bits per heavy atom. The molecule has 10 heteroatoms. The number of aromatic amines is 1. The Balaban J connectivity index is 1.17. The van der Waals surface area contributed by atoms with Crippen LogP contribution in [0, 0.1) is 6.92 Å². The van der Waals surface area contributed by atoms with E-state index in [0.717, 1.165) is 44.9 Å². The van der Waals surface area contributed by atoms with E-state index in [-0.39, 0.29) is 6.03 Å². The molecule has 0 radical (unpaired) electrons. The first-order valence-electron chi connectivity index (χ1n) is 11.6. The van der Waals surface area contributed by atoms with Gasteiger partial charge < -0.3 is 14.9 Å². The maximum absolute atomic E-state index is 12.6. The molecule has 0 spiro atoms. The monoisotopic (exact) mass is 489 g/mol. The molecule has 3 N–H and O–H groups in total. The molecule has 0 aliphatic rings. The summed E-state index contributed by atoms with van der Waals surface area (Å²) in [5.41, 5.74) is 6.06. The van der Waals surface area contributed by atoms with Crippen LogP contribution in [0.25, 0.3) is 39.4 Å². The molecule has 0 saturated carbocycles. The number of urea groups is 1. The highest BCUT2D eigenvalue weighted by Gasteiger charge is 2.13. The summed E-state index contributed by atoms with van der Waals surface area (Å²) in [5, 5.41) is 11.1. The fourth-order valence-electron chi connectivity index (χ4n) is 4.17. The molecular weight excluding hydrogens is 466 g/mol. The third kappa shape index (κ3) is 4.43. The van der Waals surface area contributed by atoms with Crippen molar-refractivity contribution in [1.82, 2.24) is 34.3 Å². The largest absolute Gasteiger partial charge is 0.339 e. The molecule has 182 valence electrons. The predicted molar refractivity (Wildman–Crippen MR) is 142 cm³/mol. The number of H-pyrrole nitrogens is 1. The summed E-state index contributed by atoms with van der Waals surface area (Å²) in [6.45, 7) is 2.05. The molecule has 1 aromatic carbocycles. The Morgan fingerprint density at radius 2 is 1.86 bits per heavy atom. The molecule has 6 rings (SSSR count). The first kappa shape index (κ1) is 22.2. The van der Waals surface area contributed by atoms with E-state index in [0.29, 0.717) is 11.5 Å². The van der Waals surface area contributed by atoms with E-state index in [4.69, 9.17) is 0 Å². The Morgan fingerprint density at radius 3 is 2.62 bits per heavy atom. The lowest BCUT2D eigenvalue weighted by Crippen LogP contribution is -2.20. The Bertz CT molecular complexity index is 1710. The number of amides is 2. The van der Waals surface area contributed by atoms with Crippen LogP contribution in [0.2, 0.25) is 0 Å². The third-order valence-corrected chi connectivity index (χ3v) is 6.02. The molecule has 5 heterocycles. The average Bonchev–Trinajstić information content (AvgIpc) is 3.63. The molecule has 37 heavy (non-hydrogen) atoms. The van der Waals surface area contributed by atoms with Crippen molar-refractivity contribution in [3.05, 3.63) is 91.3 Å². The second-order valence-electron chi connectivity index (χ2n) is 8.68. The Kier molecular flexibility index (Phi) is 5.45. The SMILES string of the molecule is Cc1ccn(-c2ncnc3[nH]c(-c4ccc(NC(=O)Nc5cc(-c6cccnc6)nn5C)cc4)cc23)c1. The molecule has 5 aromatic heterocycles. The Hall–Kier alpha value is -5.25. The number of anilines is 2. The number of pyridine rings is 1. The van der Waals surface area contributed by atoms with Gasteiger partial charge in [-0.1, -0.05) is 12.1 Å². The van der Waals surface area contributed by atoms with Crippen LogP contribution < -0.4 is 10.6 Å². The molecule has 0 atom stereocenters. The second kappa shape index (κ2) is 9.08. The normalized spacial score (nSPS) is 11.1. The molecule has 0 bridgehead atoms. The van der Waals surface area contributed by atoms with E-state index in [1.807, 2.05) is 78.5 Å². The number of aryl methyl sites for hydroxylation is 2. The van der Waals surface area contributed by atoms with Gasteiger partial charge in [0.25, 0.3) is 0 Å². The molecule has 0 aliphatic heterocycles. The van der Waals surface area contributed by atoms with E-state index in [1.165, 1.54) is 0 Å². The predicted octanol–water partition coefficient (Wildman–Crippen LogP) is 5.16. The summed E-state index contributed by atoms with van der Waals surface area (Å²) in [6.07, 6.45) is 9.01. The van der Waals surface area contributed by atoms with Gasteiger partial charge in [-0.15, -0.1) is 0 Å². The summed E-state index contributed by atoms with van der Waals surface area (Å²) in [7, 11) is 1.78. The molecule has 0 saturated heterocycles.